The monoisotopic (exact) mass is 344 g/mol. The van der Waals surface area contributed by atoms with Crippen molar-refractivity contribution >= 4 is 17.5 Å². The first kappa shape index (κ1) is 16.9. The molecule has 0 aliphatic carbocycles. The van der Waals surface area contributed by atoms with Crippen LogP contribution in [0.2, 0.25) is 5.02 Å². The van der Waals surface area contributed by atoms with Gasteiger partial charge in [-0.3, -0.25) is 9.78 Å². The normalized spacial score (nSPS) is 20.0. The SMILES string of the molecule is O=C(CCc1cccc(Cl)c1)N[C@H]1COC[C@H]1Cc1ccncc1. The number of hydrogen-bond acceptors (Lipinski definition) is 3. The summed E-state index contributed by atoms with van der Waals surface area (Å²) in [5, 5.41) is 3.82. The standard InChI is InChI=1S/C19H21ClN2O2/c20-17-3-1-2-14(11-17)4-5-19(23)22-18-13-24-12-16(18)10-15-6-8-21-9-7-15/h1-3,6-9,11,16,18H,4-5,10,12-13H2,(H,22,23)/t16-,18+/m1/s1. The number of aryl methyl sites for hydroxylation is 1. The first-order valence-electron chi connectivity index (χ1n) is 8.21. The maximum Gasteiger partial charge on any atom is 0.220 e. The number of aromatic nitrogens is 1. The summed E-state index contributed by atoms with van der Waals surface area (Å²) in [6.45, 7) is 1.26. The van der Waals surface area contributed by atoms with E-state index < -0.39 is 0 Å². The van der Waals surface area contributed by atoms with E-state index >= 15 is 0 Å². The Labute approximate surface area is 147 Å². The minimum absolute atomic E-state index is 0.0604. The summed E-state index contributed by atoms with van der Waals surface area (Å²) in [5.41, 5.74) is 2.30. The molecule has 24 heavy (non-hydrogen) atoms. The summed E-state index contributed by atoms with van der Waals surface area (Å²) in [6, 6.07) is 11.7. The summed E-state index contributed by atoms with van der Waals surface area (Å²) < 4.78 is 5.57. The van der Waals surface area contributed by atoms with Crippen LogP contribution in [0.3, 0.4) is 0 Å². The van der Waals surface area contributed by atoms with E-state index in [0.29, 0.717) is 37.0 Å². The molecule has 2 atom stereocenters. The Hall–Kier alpha value is -1.91. The minimum atomic E-state index is 0.0604. The quantitative estimate of drug-likeness (QED) is 0.876. The van der Waals surface area contributed by atoms with E-state index in [9.17, 15) is 4.79 Å². The lowest BCUT2D eigenvalue weighted by Gasteiger charge is -2.19. The Bertz CT molecular complexity index is 678. The molecule has 5 heteroatoms. The number of nitrogens with one attached hydrogen (secondary N) is 1. The number of benzene rings is 1. The molecule has 1 aliphatic rings. The van der Waals surface area contributed by atoms with Gasteiger partial charge in [0.1, 0.15) is 0 Å². The number of pyridine rings is 1. The largest absolute Gasteiger partial charge is 0.379 e. The van der Waals surface area contributed by atoms with E-state index in [-0.39, 0.29) is 11.9 Å². The predicted molar refractivity (Wildman–Crippen MR) is 94.0 cm³/mol. The molecular weight excluding hydrogens is 324 g/mol. The van der Waals surface area contributed by atoms with Crippen molar-refractivity contribution in [2.75, 3.05) is 13.2 Å². The average molecular weight is 345 g/mol. The summed E-state index contributed by atoms with van der Waals surface area (Å²) >= 11 is 5.97. The highest BCUT2D eigenvalue weighted by Gasteiger charge is 2.29. The third-order valence-corrected chi connectivity index (χ3v) is 4.56. The van der Waals surface area contributed by atoms with Gasteiger partial charge in [0, 0.05) is 29.8 Å². The molecule has 2 heterocycles. The highest BCUT2D eigenvalue weighted by Crippen LogP contribution is 2.19. The van der Waals surface area contributed by atoms with Crippen molar-refractivity contribution in [2.45, 2.75) is 25.3 Å². The van der Waals surface area contributed by atoms with Crippen LogP contribution in [0.25, 0.3) is 0 Å². The fraction of sp³-hybridized carbons (Fsp3) is 0.368. The fourth-order valence-corrected chi connectivity index (χ4v) is 3.22. The van der Waals surface area contributed by atoms with Gasteiger partial charge < -0.3 is 10.1 Å². The molecule has 1 aromatic carbocycles. The molecule has 1 aromatic heterocycles. The zero-order valence-corrected chi connectivity index (χ0v) is 14.2. The van der Waals surface area contributed by atoms with Crippen LogP contribution < -0.4 is 5.32 Å². The first-order chi connectivity index (χ1) is 11.7. The number of halogens is 1. The maximum atomic E-state index is 12.2. The third kappa shape index (κ3) is 4.79. The number of amides is 1. The maximum absolute atomic E-state index is 12.2. The number of carbonyl (C=O) groups excluding carboxylic acids is 1. The van der Waals surface area contributed by atoms with Crippen LogP contribution in [-0.4, -0.2) is 30.1 Å². The Morgan fingerprint density at radius 2 is 2.04 bits per heavy atom. The van der Waals surface area contributed by atoms with Gasteiger partial charge in [0.25, 0.3) is 0 Å². The van der Waals surface area contributed by atoms with Crippen LogP contribution in [0.15, 0.2) is 48.8 Å². The summed E-state index contributed by atoms with van der Waals surface area (Å²) in [6.07, 6.45) is 5.63. The van der Waals surface area contributed by atoms with Crippen LogP contribution in [0.1, 0.15) is 17.5 Å². The number of rotatable bonds is 6. The highest BCUT2D eigenvalue weighted by molar-refractivity contribution is 6.30. The second-order valence-electron chi connectivity index (χ2n) is 6.16. The number of ether oxygens (including phenoxy) is 1. The summed E-state index contributed by atoms with van der Waals surface area (Å²) in [5.74, 6) is 0.368. The average Bonchev–Trinajstić information content (AvgIpc) is 3.01. The number of hydrogen-bond donors (Lipinski definition) is 1. The Balaban J connectivity index is 1.49. The molecule has 126 valence electrons. The molecule has 1 saturated heterocycles. The van der Waals surface area contributed by atoms with Crippen LogP contribution in [0.4, 0.5) is 0 Å². The molecule has 0 bridgehead atoms. The summed E-state index contributed by atoms with van der Waals surface area (Å²) in [7, 11) is 0. The molecule has 0 unspecified atom stereocenters. The minimum Gasteiger partial charge on any atom is -0.379 e. The molecule has 0 spiro atoms. The lowest BCUT2D eigenvalue weighted by Crippen LogP contribution is -2.40. The Morgan fingerprint density at radius 3 is 2.83 bits per heavy atom. The van der Waals surface area contributed by atoms with Gasteiger partial charge in [-0.05, 0) is 48.2 Å². The molecule has 1 aliphatic heterocycles. The van der Waals surface area contributed by atoms with Gasteiger partial charge in [0.15, 0.2) is 0 Å². The van der Waals surface area contributed by atoms with Crippen LogP contribution >= 0.6 is 11.6 Å². The molecule has 1 fully saturated rings. The van der Waals surface area contributed by atoms with Gasteiger partial charge in [-0.15, -0.1) is 0 Å². The molecule has 0 radical (unpaired) electrons. The van der Waals surface area contributed by atoms with E-state index in [1.807, 2.05) is 36.4 Å². The Morgan fingerprint density at radius 1 is 1.21 bits per heavy atom. The van der Waals surface area contributed by atoms with Gasteiger partial charge in [0.2, 0.25) is 5.91 Å². The van der Waals surface area contributed by atoms with Crippen molar-refractivity contribution in [2.24, 2.45) is 5.92 Å². The van der Waals surface area contributed by atoms with Crippen LogP contribution in [0.5, 0.6) is 0 Å². The molecule has 2 aromatic rings. The molecular formula is C19H21ClN2O2. The topological polar surface area (TPSA) is 51.2 Å². The first-order valence-corrected chi connectivity index (χ1v) is 8.59. The molecule has 3 rings (SSSR count). The van der Waals surface area contributed by atoms with Gasteiger partial charge in [-0.2, -0.15) is 0 Å². The van der Waals surface area contributed by atoms with Gasteiger partial charge >= 0.3 is 0 Å². The third-order valence-electron chi connectivity index (χ3n) is 4.32. The highest BCUT2D eigenvalue weighted by atomic mass is 35.5. The van der Waals surface area contributed by atoms with Crippen LogP contribution in [0, 0.1) is 5.92 Å². The van der Waals surface area contributed by atoms with Gasteiger partial charge in [0.05, 0.1) is 19.3 Å². The van der Waals surface area contributed by atoms with E-state index in [0.717, 1.165) is 12.0 Å². The number of nitrogens with zero attached hydrogens (tertiary/aromatic N) is 1. The van der Waals surface area contributed by atoms with Crippen molar-refractivity contribution in [3.63, 3.8) is 0 Å². The van der Waals surface area contributed by atoms with Crippen molar-refractivity contribution < 1.29 is 9.53 Å². The van der Waals surface area contributed by atoms with Gasteiger partial charge in [-0.25, -0.2) is 0 Å². The molecule has 1 amide bonds. The van der Waals surface area contributed by atoms with Crippen molar-refractivity contribution in [3.05, 3.63) is 64.9 Å². The lowest BCUT2D eigenvalue weighted by molar-refractivity contribution is -0.122. The molecule has 4 nitrogen and oxygen atoms in total. The van der Waals surface area contributed by atoms with E-state index in [2.05, 4.69) is 10.3 Å². The zero-order valence-electron chi connectivity index (χ0n) is 13.5. The van der Waals surface area contributed by atoms with E-state index in [4.69, 9.17) is 16.3 Å². The number of carbonyl (C=O) groups is 1. The predicted octanol–water partition coefficient (Wildman–Crippen LogP) is 3.04. The lowest BCUT2D eigenvalue weighted by atomic mass is 9.95. The van der Waals surface area contributed by atoms with Crippen molar-refractivity contribution in [3.8, 4) is 0 Å². The van der Waals surface area contributed by atoms with Crippen molar-refractivity contribution in [1.29, 1.82) is 0 Å². The Kier molecular flexibility index (Phi) is 5.83. The van der Waals surface area contributed by atoms with E-state index in [1.165, 1.54) is 5.56 Å². The zero-order chi connectivity index (χ0) is 16.8. The van der Waals surface area contributed by atoms with Crippen molar-refractivity contribution in [1.82, 2.24) is 10.3 Å². The van der Waals surface area contributed by atoms with E-state index in [1.54, 1.807) is 12.4 Å². The fourth-order valence-electron chi connectivity index (χ4n) is 3.01. The molecule has 0 saturated carbocycles. The van der Waals surface area contributed by atoms with Crippen LogP contribution in [-0.2, 0) is 22.4 Å². The smallest absolute Gasteiger partial charge is 0.220 e. The van der Waals surface area contributed by atoms with Gasteiger partial charge in [-0.1, -0.05) is 23.7 Å². The summed E-state index contributed by atoms with van der Waals surface area (Å²) in [4.78, 5) is 16.3. The second kappa shape index (κ2) is 8.27. The molecule has 1 N–H and O–H groups in total. The second-order valence-corrected chi connectivity index (χ2v) is 6.60.